The third-order valence-electron chi connectivity index (χ3n) is 8.90. The number of hydrogen-bond acceptors (Lipinski definition) is 6. The second kappa shape index (κ2) is 10.0. The van der Waals surface area contributed by atoms with Crippen molar-refractivity contribution in [3.05, 3.63) is 81.9 Å². The molecule has 6 rings (SSSR count). The summed E-state index contributed by atoms with van der Waals surface area (Å²) in [6, 6.07) is 9.72. The summed E-state index contributed by atoms with van der Waals surface area (Å²) in [5.74, 6) is -2.56. The molecule has 0 aliphatic carbocycles. The molecule has 0 radical (unpaired) electrons. The number of fused-ring (bicyclic) bond motifs is 3. The van der Waals surface area contributed by atoms with E-state index >= 15 is 4.39 Å². The second-order valence-corrected chi connectivity index (χ2v) is 13.1. The van der Waals surface area contributed by atoms with Crippen LogP contribution in [0.15, 0.2) is 48.7 Å². The molecule has 1 spiro atoms. The minimum absolute atomic E-state index is 0.0925. The van der Waals surface area contributed by atoms with Gasteiger partial charge in [-0.3, -0.25) is 29.2 Å². The first-order valence-corrected chi connectivity index (χ1v) is 14.4. The number of hydrogen-bond donors (Lipinski definition) is 2. The lowest BCUT2D eigenvalue weighted by Crippen LogP contribution is -2.52. The molecule has 2 fully saturated rings. The molecular weight excluding hydrogens is 573 g/mol. The van der Waals surface area contributed by atoms with Gasteiger partial charge in [0.25, 0.3) is 0 Å². The lowest BCUT2D eigenvalue weighted by atomic mass is 9.62. The summed E-state index contributed by atoms with van der Waals surface area (Å²) in [7, 11) is 1.45. The molecule has 3 aromatic rings. The number of pyridine rings is 1. The normalized spacial score (nSPS) is 24.8. The first-order valence-electron chi connectivity index (χ1n) is 14.1. The summed E-state index contributed by atoms with van der Waals surface area (Å²) >= 11 is 6.32. The predicted octanol–water partition coefficient (Wildman–Crippen LogP) is 4.76. The molecule has 2 aromatic carbocycles. The Bertz CT molecular complexity index is 1690. The van der Waals surface area contributed by atoms with Crippen LogP contribution in [-0.2, 0) is 15.0 Å². The average Bonchev–Trinajstić information content (AvgIpc) is 3.52. The zero-order valence-corrected chi connectivity index (χ0v) is 25.3. The Kier molecular flexibility index (Phi) is 6.78. The summed E-state index contributed by atoms with van der Waals surface area (Å²) in [5, 5.41) is 2.96. The number of aromatic nitrogens is 1. The fourth-order valence-corrected chi connectivity index (χ4v) is 7.41. The highest BCUT2D eigenvalue weighted by molar-refractivity contribution is 6.30. The van der Waals surface area contributed by atoms with Crippen LogP contribution in [-0.4, -0.2) is 53.5 Å². The predicted molar refractivity (Wildman–Crippen MR) is 161 cm³/mol. The Labute approximate surface area is 254 Å². The fourth-order valence-electron chi connectivity index (χ4n) is 7.23. The molecule has 0 bridgehead atoms. The van der Waals surface area contributed by atoms with Crippen LogP contribution in [0.5, 0.6) is 5.75 Å². The number of carbonyl (C=O) groups is 3. The molecule has 3 aliphatic rings. The number of nitrogens with one attached hydrogen (secondary N) is 1. The average molecular weight is 606 g/mol. The van der Waals surface area contributed by atoms with Crippen molar-refractivity contribution in [1.82, 2.24) is 9.88 Å². The number of methoxy groups -OCH3 is 1. The van der Waals surface area contributed by atoms with Crippen molar-refractivity contribution in [2.45, 2.75) is 57.5 Å². The van der Waals surface area contributed by atoms with E-state index in [2.05, 4.69) is 31.1 Å². The molecule has 9 nitrogen and oxygen atoms in total. The first-order chi connectivity index (χ1) is 20.3. The van der Waals surface area contributed by atoms with Gasteiger partial charge in [-0.25, -0.2) is 4.39 Å². The number of ether oxygens (including phenoxy) is 1. The van der Waals surface area contributed by atoms with Crippen molar-refractivity contribution in [2.75, 3.05) is 24.0 Å². The van der Waals surface area contributed by atoms with Crippen LogP contribution in [0, 0.1) is 18.2 Å². The highest BCUT2D eigenvalue weighted by atomic mass is 35.5. The maximum Gasteiger partial charge on any atom is 0.248 e. The van der Waals surface area contributed by atoms with Gasteiger partial charge >= 0.3 is 0 Å². The molecule has 1 aromatic heterocycles. The van der Waals surface area contributed by atoms with E-state index in [1.165, 1.54) is 25.3 Å². The van der Waals surface area contributed by atoms with Crippen LogP contribution in [0.25, 0.3) is 0 Å². The number of benzene rings is 2. The third kappa shape index (κ3) is 4.30. The van der Waals surface area contributed by atoms with Crippen molar-refractivity contribution in [3.63, 3.8) is 0 Å². The Morgan fingerprint density at radius 2 is 1.98 bits per heavy atom. The number of aryl methyl sites for hydroxylation is 1. The molecule has 224 valence electrons. The summed E-state index contributed by atoms with van der Waals surface area (Å²) in [6.07, 6.45) is 2.20. The molecule has 4 atom stereocenters. The number of anilines is 2. The molecule has 3 aliphatic heterocycles. The van der Waals surface area contributed by atoms with Crippen LogP contribution in [0.1, 0.15) is 60.3 Å². The molecule has 3 amide bonds. The molecule has 3 N–H and O–H groups in total. The van der Waals surface area contributed by atoms with E-state index in [-0.39, 0.29) is 40.0 Å². The van der Waals surface area contributed by atoms with Crippen LogP contribution in [0.3, 0.4) is 0 Å². The van der Waals surface area contributed by atoms with E-state index in [4.69, 9.17) is 22.1 Å². The van der Waals surface area contributed by atoms with Crippen LogP contribution >= 0.6 is 11.6 Å². The minimum atomic E-state index is -1.33. The van der Waals surface area contributed by atoms with E-state index in [0.717, 1.165) is 5.69 Å². The number of carbonyl (C=O) groups excluding carboxylic acids is 3. The van der Waals surface area contributed by atoms with Gasteiger partial charge in [0, 0.05) is 40.7 Å². The number of rotatable bonds is 5. The fraction of sp³-hybridized carbons (Fsp3) is 0.375. The van der Waals surface area contributed by atoms with Gasteiger partial charge in [0.1, 0.15) is 17.0 Å². The molecule has 1 unspecified atom stereocenters. The van der Waals surface area contributed by atoms with E-state index < -0.39 is 35.1 Å². The van der Waals surface area contributed by atoms with Crippen molar-refractivity contribution in [3.8, 4) is 5.75 Å². The van der Waals surface area contributed by atoms with E-state index in [1.54, 1.807) is 29.3 Å². The number of amides is 3. The molecule has 4 heterocycles. The van der Waals surface area contributed by atoms with Gasteiger partial charge in [-0.15, -0.1) is 0 Å². The van der Waals surface area contributed by atoms with Gasteiger partial charge < -0.3 is 15.8 Å². The lowest BCUT2D eigenvalue weighted by Gasteiger charge is -2.40. The molecule has 11 heteroatoms. The van der Waals surface area contributed by atoms with Crippen LogP contribution < -0.4 is 20.7 Å². The van der Waals surface area contributed by atoms with Crippen molar-refractivity contribution >= 4 is 40.7 Å². The number of nitrogens with zero attached hydrogens (tertiary/aromatic N) is 3. The second-order valence-electron chi connectivity index (χ2n) is 12.7. The Morgan fingerprint density at radius 3 is 2.65 bits per heavy atom. The largest absolute Gasteiger partial charge is 0.495 e. The van der Waals surface area contributed by atoms with Gasteiger partial charge in [0.05, 0.1) is 30.5 Å². The number of nitrogens with two attached hydrogens (primary N) is 1. The van der Waals surface area contributed by atoms with Crippen LogP contribution in [0.2, 0.25) is 5.02 Å². The van der Waals surface area contributed by atoms with Gasteiger partial charge in [-0.1, -0.05) is 44.5 Å². The number of primary amides is 1. The quantitative estimate of drug-likeness (QED) is 0.433. The zero-order chi connectivity index (χ0) is 31.0. The Balaban J connectivity index is 1.60. The first kappa shape index (κ1) is 29.1. The minimum Gasteiger partial charge on any atom is -0.495 e. The van der Waals surface area contributed by atoms with Crippen molar-refractivity contribution in [1.29, 1.82) is 0 Å². The zero-order valence-electron chi connectivity index (χ0n) is 24.6. The lowest BCUT2D eigenvalue weighted by molar-refractivity contribution is -0.122. The summed E-state index contributed by atoms with van der Waals surface area (Å²) < 4.78 is 21.6. The van der Waals surface area contributed by atoms with Crippen LogP contribution in [0.4, 0.5) is 15.8 Å². The highest BCUT2D eigenvalue weighted by Gasteiger charge is 2.71. The van der Waals surface area contributed by atoms with E-state index in [1.807, 2.05) is 17.9 Å². The Morgan fingerprint density at radius 1 is 1.23 bits per heavy atom. The maximum atomic E-state index is 16.1. The van der Waals surface area contributed by atoms with Crippen molar-refractivity contribution < 1.29 is 23.5 Å². The molecule has 0 saturated carbocycles. The molecule has 43 heavy (non-hydrogen) atoms. The third-order valence-corrected chi connectivity index (χ3v) is 9.19. The topological polar surface area (TPSA) is 118 Å². The van der Waals surface area contributed by atoms with Gasteiger partial charge in [-0.2, -0.15) is 0 Å². The summed E-state index contributed by atoms with van der Waals surface area (Å²) in [5.41, 5.74) is 6.71. The van der Waals surface area contributed by atoms with Gasteiger partial charge in [0.2, 0.25) is 17.7 Å². The standard InChI is InChI=1S/C32H33ClFN5O4/c1-16-11-21-19(14-36-16)32(30(42)37-21)24(13-31(2,3)4)39-15-38(22-10-9-17(28(35)40)12-23(22)43-5)29(41)27(39)25(32)18-7-6-8-20(33)26(18)34/h6-12,14,24-25,27H,13,15H2,1-5H3,(H2,35,40)(H,37,42)/t24-,25?,27+,32+/m0/s1. The smallest absolute Gasteiger partial charge is 0.248 e. The highest BCUT2D eigenvalue weighted by Crippen LogP contribution is 2.61. The molecular formula is C32H33ClFN5O4. The van der Waals surface area contributed by atoms with Gasteiger partial charge in [0.15, 0.2) is 0 Å². The molecule has 2 saturated heterocycles. The summed E-state index contributed by atoms with van der Waals surface area (Å²) in [6.45, 7) is 8.17. The maximum absolute atomic E-state index is 16.1. The van der Waals surface area contributed by atoms with E-state index in [0.29, 0.717) is 29.1 Å². The van der Waals surface area contributed by atoms with Gasteiger partial charge in [-0.05, 0) is 54.7 Å². The van der Waals surface area contributed by atoms with E-state index in [9.17, 15) is 14.4 Å². The number of halogens is 2. The monoisotopic (exact) mass is 605 g/mol. The SMILES string of the molecule is COc1cc(C(N)=O)ccc1N1CN2[C@@H](CC(C)(C)C)[C@@]3(C(=O)Nc4cc(C)ncc43)C(c3cccc(Cl)c3F)[C@@H]2C1=O. The Hall–Kier alpha value is -4.02. The van der Waals surface area contributed by atoms with Crippen molar-refractivity contribution in [2.24, 2.45) is 11.1 Å². The summed E-state index contributed by atoms with van der Waals surface area (Å²) in [4.78, 5) is 49.0.